The molecular weight excluding hydrogens is 302 g/mol. The zero-order valence-corrected chi connectivity index (χ0v) is 14.7. The van der Waals surface area contributed by atoms with Crippen molar-refractivity contribution in [2.75, 3.05) is 21.1 Å². The molecule has 5 nitrogen and oxygen atoms in total. The summed E-state index contributed by atoms with van der Waals surface area (Å²) in [5.41, 5.74) is 0.928. The first kappa shape index (κ1) is 20.5. The molecular formula is C16H25NO4S. The van der Waals surface area contributed by atoms with E-state index in [1.54, 1.807) is 12.1 Å². The van der Waals surface area contributed by atoms with Gasteiger partial charge >= 0.3 is 0 Å². The average Bonchev–Trinajstić information content (AvgIpc) is 2.37. The van der Waals surface area contributed by atoms with Gasteiger partial charge in [0, 0.05) is 6.42 Å². The summed E-state index contributed by atoms with van der Waals surface area (Å²) in [6.07, 6.45) is 2.28. The molecule has 0 radical (unpaired) electrons. The van der Waals surface area contributed by atoms with E-state index in [1.165, 1.54) is 18.2 Å². The van der Waals surface area contributed by atoms with Crippen molar-refractivity contribution in [2.24, 2.45) is 0 Å². The first-order valence-electron chi connectivity index (χ1n) is 6.93. The minimum absolute atomic E-state index is 0.0625. The second-order valence-electron chi connectivity index (χ2n) is 5.91. The fourth-order valence-corrected chi connectivity index (χ4v) is 2.44. The maximum atomic E-state index is 11.3. The fourth-order valence-electron chi connectivity index (χ4n) is 1.97. The molecule has 22 heavy (non-hydrogen) atoms. The number of quaternary nitrogens is 1. The molecule has 124 valence electrons. The highest BCUT2D eigenvalue weighted by Crippen LogP contribution is 2.09. The summed E-state index contributed by atoms with van der Waals surface area (Å²) in [6.45, 7) is 7.33. The lowest BCUT2D eigenvalue weighted by Gasteiger charge is -2.31. The zero-order valence-electron chi connectivity index (χ0n) is 13.9. The van der Waals surface area contributed by atoms with Crippen LogP contribution in [0.1, 0.15) is 18.9 Å². The molecule has 1 aromatic rings. The predicted octanol–water partition coefficient (Wildman–Crippen LogP) is 2.13. The molecule has 0 bridgehead atoms. The van der Waals surface area contributed by atoms with Gasteiger partial charge in [-0.05, 0) is 25.1 Å². The van der Waals surface area contributed by atoms with Crippen LogP contribution in [0.25, 0.3) is 0 Å². The molecule has 1 aromatic carbocycles. The molecule has 0 spiro atoms. The number of aryl methyl sites for hydroxylation is 1. The molecule has 0 aliphatic rings. The van der Waals surface area contributed by atoms with Gasteiger partial charge in [0.2, 0.25) is 5.78 Å². The minimum Gasteiger partial charge on any atom is -0.744 e. The topological polar surface area (TPSA) is 74.3 Å². The van der Waals surface area contributed by atoms with Gasteiger partial charge in [-0.1, -0.05) is 31.2 Å². The van der Waals surface area contributed by atoms with Crippen LogP contribution in [0.3, 0.4) is 0 Å². The van der Waals surface area contributed by atoms with Crippen LogP contribution in [-0.2, 0) is 14.9 Å². The van der Waals surface area contributed by atoms with Crippen LogP contribution in [0.4, 0.5) is 0 Å². The van der Waals surface area contributed by atoms with Crippen LogP contribution in [0.15, 0.2) is 41.8 Å². The van der Waals surface area contributed by atoms with E-state index in [-0.39, 0.29) is 16.7 Å². The van der Waals surface area contributed by atoms with Crippen LogP contribution < -0.4 is 0 Å². The van der Waals surface area contributed by atoms with E-state index >= 15 is 0 Å². The Bertz CT molecular complexity index is 598. The second-order valence-corrected chi connectivity index (χ2v) is 7.29. The van der Waals surface area contributed by atoms with Crippen LogP contribution in [0, 0.1) is 6.92 Å². The van der Waals surface area contributed by atoms with Crippen LogP contribution in [0.2, 0.25) is 0 Å². The van der Waals surface area contributed by atoms with Crippen LogP contribution in [-0.4, -0.2) is 50.4 Å². The van der Waals surface area contributed by atoms with Gasteiger partial charge in [-0.15, -0.1) is 0 Å². The van der Waals surface area contributed by atoms with E-state index in [0.29, 0.717) is 4.48 Å². The molecule has 0 aromatic heterocycles. The Kier molecular flexibility index (Phi) is 7.66. The van der Waals surface area contributed by atoms with Crippen molar-refractivity contribution in [3.05, 3.63) is 42.5 Å². The summed E-state index contributed by atoms with van der Waals surface area (Å²) in [4.78, 5) is 11.1. The summed E-state index contributed by atoms with van der Waals surface area (Å²) >= 11 is 0. The molecule has 0 N–H and O–H groups in total. The highest BCUT2D eigenvalue weighted by atomic mass is 32.2. The van der Waals surface area contributed by atoms with E-state index in [0.717, 1.165) is 12.0 Å². The molecule has 1 rings (SSSR count). The van der Waals surface area contributed by atoms with Crippen molar-refractivity contribution in [3.63, 3.8) is 0 Å². The zero-order chi connectivity index (χ0) is 17.6. The molecule has 1 unspecified atom stereocenters. The van der Waals surface area contributed by atoms with E-state index in [2.05, 4.69) is 6.58 Å². The molecule has 0 aliphatic heterocycles. The van der Waals surface area contributed by atoms with E-state index in [4.69, 9.17) is 0 Å². The molecule has 0 saturated heterocycles. The van der Waals surface area contributed by atoms with Crippen molar-refractivity contribution in [1.82, 2.24) is 0 Å². The Hall–Kier alpha value is -1.50. The number of nitrogens with zero attached hydrogens (tertiary/aromatic N) is 1. The Morgan fingerprint density at radius 1 is 1.27 bits per heavy atom. The number of benzene rings is 1. The molecule has 0 amide bonds. The molecule has 6 heteroatoms. The molecule has 0 aliphatic carbocycles. The van der Waals surface area contributed by atoms with Crippen molar-refractivity contribution in [2.45, 2.75) is 31.2 Å². The lowest BCUT2D eigenvalue weighted by molar-refractivity contribution is -0.886. The van der Waals surface area contributed by atoms with Crippen molar-refractivity contribution in [3.8, 4) is 0 Å². The lowest BCUT2D eigenvalue weighted by Crippen LogP contribution is -2.48. The average molecular weight is 327 g/mol. The Labute approximate surface area is 133 Å². The highest BCUT2D eigenvalue weighted by Gasteiger charge is 2.26. The quantitative estimate of drug-likeness (QED) is 0.472. The number of carbonyl (C=O) groups excluding carboxylic acids is 1. The molecule has 0 heterocycles. The third-order valence-electron chi connectivity index (χ3n) is 3.16. The van der Waals surface area contributed by atoms with Crippen molar-refractivity contribution >= 4 is 15.9 Å². The van der Waals surface area contributed by atoms with Crippen LogP contribution >= 0.6 is 0 Å². The normalized spacial score (nSPS) is 12.8. The molecule has 0 fully saturated rings. The maximum Gasteiger partial charge on any atom is 0.212 e. The Morgan fingerprint density at radius 3 is 1.95 bits per heavy atom. The van der Waals surface area contributed by atoms with Gasteiger partial charge in [0.15, 0.2) is 6.04 Å². The largest absolute Gasteiger partial charge is 0.744 e. The van der Waals surface area contributed by atoms with Gasteiger partial charge < -0.3 is 9.04 Å². The number of hydrogen-bond acceptors (Lipinski definition) is 4. The third-order valence-corrected chi connectivity index (χ3v) is 4.01. The van der Waals surface area contributed by atoms with Crippen molar-refractivity contribution < 1.29 is 22.2 Å². The summed E-state index contributed by atoms with van der Waals surface area (Å²) in [5, 5.41) is 0. The van der Waals surface area contributed by atoms with Gasteiger partial charge in [0.05, 0.1) is 26.0 Å². The predicted molar refractivity (Wildman–Crippen MR) is 86.5 cm³/mol. The van der Waals surface area contributed by atoms with E-state index < -0.39 is 10.1 Å². The summed E-state index contributed by atoms with van der Waals surface area (Å²) in [7, 11) is 1.80. The molecule has 1 atom stereocenters. The fraction of sp³-hybridized carbons (Fsp3) is 0.438. The van der Waals surface area contributed by atoms with Gasteiger partial charge in [-0.2, -0.15) is 0 Å². The number of likely N-dealkylation sites (N-methyl/N-ethyl adjacent to an activating group) is 1. The van der Waals surface area contributed by atoms with Gasteiger partial charge in [-0.25, -0.2) is 8.42 Å². The van der Waals surface area contributed by atoms with Crippen molar-refractivity contribution in [1.29, 1.82) is 0 Å². The number of rotatable bonds is 5. The smallest absolute Gasteiger partial charge is 0.212 e. The highest BCUT2D eigenvalue weighted by molar-refractivity contribution is 7.85. The van der Waals surface area contributed by atoms with Gasteiger partial charge in [-0.3, -0.25) is 4.79 Å². The Balaban J connectivity index is 0.000000401. The monoisotopic (exact) mass is 327 g/mol. The summed E-state index contributed by atoms with van der Waals surface area (Å²) in [6, 6.07) is 5.85. The third kappa shape index (κ3) is 6.98. The standard InChI is InChI=1S/C9H18NO.C7H8O3S/c1-6-8(9(11)7-2)10(3,4)5;1-6-2-4-7(5-3-6)11(8,9)10/h7-8H,2,6H2,1,3-5H3;2-5H,1H3,(H,8,9,10)/q+1;/p-1. The lowest BCUT2D eigenvalue weighted by atomic mass is 10.1. The molecule has 0 saturated carbocycles. The summed E-state index contributed by atoms with van der Waals surface area (Å²) < 4.78 is 31.8. The number of ketones is 1. The SMILES string of the molecule is C=CC(=O)C(CC)[N+](C)(C)C.Cc1ccc(S(=O)(=O)[O-])cc1. The minimum atomic E-state index is -4.27. The maximum absolute atomic E-state index is 11.3. The van der Waals surface area contributed by atoms with Gasteiger partial charge in [0.25, 0.3) is 0 Å². The second kappa shape index (κ2) is 8.22. The van der Waals surface area contributed by atoms with E-state index in [1.807, 2.05) is 35.0 Å². The number of hydrogen-bond donors (Lipinski definition) is 0. The first-order valence-corrected chi connectivity index (χ1v) is 8.34. The van der Waals surface area contributed by atoms with Gasteiger partial charge in [0.1, 0.15) is 10.1 Å². The van der Waals surface area contributed by atoms with Crippen LogP contribution in [0.5, 0.6) is 0 Å². The van der Waals surface area contributed by atoms with E-state index in [9.17, 15) is 17.8 Å². The number of carbonyl (C=O) groups is 1. The summed E-state index contributed by atoms with van der Waals surface area (Å²) in [5.74, 6) is 0.139. The first-order chi connectivity index (χ1) is 9.93. The Morgan fingerprint density at radius 2 is 1.73 bits per heavy atom.